The van der Waals surface area contributed by atoms with Gasteiger partial charge in [-0.25, -0.2) is 16.8 Å². The highest BCUT2D eigenvalue weighted by atomic mass is 35.5. The van der Waals surface area contributed by atoms with Gasteiger partial charge in [0, 0.05) is 11.5 Å². The standard InChI is InChI=1S/C7H15ClO4S2/c1-4-13(9,10)7(3,6-8)14(11,12)5-2/h4-6H2,1-3H3. The molecule has 0 atom stereocenters. The van der Waals surface area contributed by atoms with E-state index in [0.717, 1.165) is 6.92 Å². The van der Waals surface area contributed by atoms with Gasteiger partial charge in [0.1, 0.15) is 0 Å². The second kappa shape index (κ2) is 4.37. The monoisotopic (exact) mass is 262 g/mol. The number of sulfone groups is 2. The Bertz CT molecular complexity index is 348. The fourth-order valence-electron chi connectivity index (χ4n) is 0.970. The Labute approximate surface area is 90.5 Å². The Balaban J connectivity index is 5.68. The van der Waals surface area contributed by atoms with Crippen LogP contribution in [0.3, 0.4) is 0 Å². The summed E-state index contributed by atoms with van der Waals surface area (Å²) >= 11 is 5.48. The van der Waals surface area contributed by atoms with Crippen molar-refractivity contribution in [1.82, 2.24) is 0 Å². The van der Waals surface area contributed by atoms with Crippen molar-refractivity contribution in [2.24, 2.45) is 0 Å². The van der Waals surface area contributed by atoms with E-state index in [1.54, 1.807) is 0 Å². The summed E-state index contributed by atoms with van der Waals surface area (Å²) in [5.74, 6) is -0.885. The van der Waals surface area contributed by atoms with Crippen LogP contribution in [0.4, 0.5) is 0 Å². The van der Waals surface area contributed by atoms with Gasteiger partial charge in [-0.05, 0) is 6.92 Å². The molecule has 0 radical (unpaired) electrons. The molecule has 0 saturated carbocycles. The molecule has 0 aliphatic heterocycles. The third-order valence-corrected chi connectivity index (χ3v) is 9.13. The van der Waals surface area contributed by atoms with Gasteiger partial charge in [0.25, 0.3) is 0 Å². The minimum Gasteiger partial charge on any atom is -0.227 e. The third kappa shape index (κ3) is 2.06. The van der Waals surface area contributed by atoms with Crippen molar-refractivity contribution in [3.63, 3.8) is 0 Å². The fraction of sp³-hybridized carbons (Fsp3) is 1.00. The van der Waals surface area contributed by atoms with Crippen molar-refractivity contribution in [3.05, 3.63) is 0 Å². The molecule has 0 aromatic carbocycles. The normalized spacial score (nSPS) is 14.3. The highest BCUT2D eigenvalue weighted by molar-refractivity contribution is 8.10. The zero-order valence-electron chi connectivity index (χ0n) is 8.45. The first kappa shape index (κ1) is 14.2. The van der Waals surface area contributed by atoms with Crippen LogP contribution in [0.2, 0.25) is 0 Å². The largest absolute Gasteiger partial charge is 0.227 e. The van der Waals surface area contributed by atoms with Gasteiger partial charge in [0.15, 0.2) is 23.8 Å². The maximum Gasteiger partial charge on any atom is 0.183 e. The number of hydrogen-bond donors (Lipinski definition) is 0. The molecule has 0 heterocycles. The fourth-order valence-corrected chi connectivity index (χ4v) is 5.78. The maximum absolute atomic E-state index is 11.6. The van der Waals surface area contributed by atoms with Gasteiger partial charge in [0.2, 0.25) is 0 Å². The molecule has 0 aliphatic rings. The van der Waals surface area contributed by atoms with E-state index in [2.05, 4.69) is 0 Å². The van der Waals surface area contributed by atoms with E-state index in [0.29, 0.717) is 0 Å². The molecule has 0 rings (SSSR count). The van der Waals surface area contributed by atoms with Crippen LogP contribution in [-0.2, 0) is 19.7 Å². The lowest BCUT2D eigenvalue weighted by atomic mass is 10.5. The van der Waals surface area contributed by atoms with Gasteiger partial charge >= 0.3 is 0 Å². The molecule has 0 fully saturated rings. The molecule has 0 amide bonds. The highest BCUT2D eigenvalue weighted by Crippen LogP contribution is 2.27. The van der Waals surface area contributed by atoms with Gasteiger partial charge < -0.3 is 0 Å². The van der Waals surface area contributed by atoms with Crippen LogP contribution in [0.5, 0.6) is 0 Å². The second-order valence-electron chi connectivity index (χ2n) is 3.07. The van der Waals surface area contributed by atoms with Gasteiger partial charge in [-0.2, -0.15) is 0 Å². The number of alkyl halides is 1. The molecule has 4 nitrogen and oxygen atoms in total. The first-order valence-corrected chi connectivity index (χ1v) is 8.03. The molecule has 14 heavy (non-hydrogen) atoms. The molecular formula is C7H15ClO4S2. The van der Waals surface area contributed by atoms with Crippen molar-refractivity contribution >= 4 is 31.3 Å². The summed E-state index contributed by atoms with van der Waals surface area (Å²) in [5, 5.41) is 0. The van der Waals surface area contributed by atoms with Gasteiger partial charge in [-0.15, -0.1) is 11.6 Å². The van der Waals surface area contributed by atoms with Gasteiger partial charge in [0.05, 0.1) is 5.88 Å². The Morgan fingerprint density at radius 3 is 1.43 bits per heavy atom. The quantitative estimate of drug-likeness (QED) is 0.688. The summed E-state index contributed by atoms with van der Waals surface area (Å²) in [4.78, 5) is 0. The van der Waals surface area contributed by atoms with Crippen LogP contribution in [0.15, 0.2) is 0 Å². The number of hydrogen-bond acceptors (Lipinski definition) is 4. The first-order chi connectivity index (χ1) is 6.18. The van der Waals surface area contributed by atoms with Gasteiger partial charge in [-0.1, -0.05) is 13.8 Å². The molecule has 86 valence electrons. The van der Waals surface area contributed by atoms with Crippen LogP contribution in [0.25, 0.3) is 0 Å². The van der Waals surface area contributed by atoms with Crippen molar-refractivity contribution in [1.29, 1.82) is 0 Å². The SMILES string of the molecule is CCS(=O)(=O)C(C)(CCl)S(=O)(=O)CC. The summed E-state index contributed by atoms with van der Waals surface area (Å²) in [6, 6.07) is 0. The second-order valence-corrected chi connectivity index (χ2v) is 9.02. The summed E-state index contributed by atoms with van der Waals surface area (Å²) in [5.41, 5.74) is 0. The Morgan fingerprint density at radius 2 is 1.29 bits per heavy atom. The van der Waals surface area contributed by atoms with Crippen LogP contribution in [0.1, 0.15) is 20.8 Å². The lowest BCUT2D eigenvalue weighted by Crippen LogP contribution is -2.47. The molecule has 0 aliphatic carbocycles. The number of rotatable bonds is 5. The summed E-state index contributed by atoms with van der Waals surface area (Å²) in [7, 11) is -7.40. The van der Waals surface area contributed by atoms with E-state index in [9.17, 15) is 16.8 Å². The highest BCUT2D eigenvalue weighted by Gasteiger charge is 2.48. The van der Waals surface area contributed by atoms with E-state index in [1.807, 2.05) is 0 Å². The molecular weight excluding hydrogens is 248 g/mol. The van der Waals surface area contributed by atoms with E-state index >= 15 is 0 Å². The molecule has 0 saturated heterocycles. The molecule has 7 heteroatoms. The van der Waals surface area contributed by atoms with Crippen LogP contribution >= 0.6 is 11.6 Å². The molecule has 0 bridgehead atoms. The van der Waals surface area contributed by atoms with Crippen molar-refractivity contribution in [2.45, 2.75) is 24.9 Å². The average molecular weight is 263 g/mol. The van der Waals surface area contributed by atoms with Crippen LogP contribution in [-0.4, -0.2) is 38.3 Å². The van der Waals surface area contributed by atoms with E-state index in [-0.39, 0.29) is 11.5 Å². The van der Waals surface area contributed by atoms with Gasteiger partial charge in [-0.3, -0.25) is 0 Å². The smallest absolute Gasteiger partial charge is 0.183 e. The Kier molecular flexibility index (Phi) is 4.42. The molecule has 0 spiro atoms. The van der Waals surface area contributed by atoms with E-state index in [1.165, 1.54) is 13.8 Å². The topological polar surface area (TPSA) is 68.3 Å². The lowest BCUT2D eigenvalue weighted by Gasteiger charge is -2.25. The molecule has 0 aromatic rings. The van der Waals surface area contributed by atoms with E-state index in [4.69, 9.17) is 11.6 Å². The molecule has 0 unspecified atom stereocenters. The average Bonchev–Trinajstić information content (AvgIpc) is 2.15. The first-order valence-electron chi connectivity index (χ1n) is 4.19. The molecule has 0 N–H and O–H groups in total. The minimum atomic E-state index is -3.70. The van der Waals surface area contributed by atoms with Crippen LogP contribution in [0, 0.1) is 0 Å². The van der Waals surface area contributed by atoms with Crippen LogP contribution < -0.4 is 0 Å². The zero-order valence-corrected chi connectivity index (χ0v) is 10.8. The third-order valence-electron chi connectivity index (χ3n) is 2.32. The summed E-state index contributed by atoms with van der Waals surface area (Å²) in [6.07, 6.45) is 0. The summed E-state index contributed by atoms with van der Waals surface area (Å²) < 4.78 is 44.5. The predicted octanol–water partition coefficient (Wildman–Crippen LogP) is 0.811. The predicted molar refractivity (Wildman–Crippen MR) is 58.0 cm³/mol. The van der Waals surface area contributed by atoms with E-state index < -0.39 is 29.6 Å². The van der Waals surface area contributed by atoms with Crippen molar-refractivity contribution in [2.75, 3.05) is 17.4 Å². The summed E-state index contributed by atoms with van der Waals surface area (Å²) in [6.45, 7) is 3.98. The minimum absolute atomic E-state index is 0.227. The van der Waals surface area contributed by atoms with Crippen molar-refractivity contribution in [3.8, 4) is 0 Å². The lowest BCUT2D eigenvalue weighted by molar-refractivity contribution is 0.558. The Hall–Kier alpha value is 0.190. The number of halogens is 1. The maximum atomic E-state index is 11.6. The molecule has 0 aromatic heterocycles. The van der Waals surface area contributed by atoms with Crippen molar-refractivity contribution < 1.29 is 16.8 Å². The zero-order chi connectivity index (χ0) is 11.6. The Morgan fingerprint density at radius 1 is 1.00 bits per heavy atom.